The summed E-state index contributed by atoms with van der Waals surface area (Å²) in [7, 11) is -4.23. The van der Waals surface area contributed by atoms with Crippen molar-refractivity contribution >= 4 is 32.4 Å². The fourth-order valence-electron chi connectivity index (χ4n) is 2.93. The van der Waals surface area contributed by atoms with Gasteiger partial charge in [0.25, 0.3) is 10.1 Å². The Morgan fingerprint density at radius 3 is 2.48 bits per heavy atom. The van der Waals surface area contributed by atoms with Crippen LogP contribution in [0, 0.1) is 0 Å². The van der Waals surface area contributed by atoms with Crippen LogP contribution in [0.4, 0.5) is 11.4 Å². The lowest BCUT2D eigenvalue weighted by molar-refractivity contribution is 0.483. The van der Waals surface area contributed by atoms with E-state index in [0.29, 0.717) is 23.2 Å². The first kappa shape index (κ1) is 20.5. The molecule has 3 aromatic rings. The molecular weight excluding hydrogens is 418 g/mol. The van der Waals surface area contributed by atoms with Gasteiger partial charge in [-0.05, 0) is 48.9 Å². The Morgan fingerprint density at radius 1 is 1.00 bits per heavy atom. The number of hydrogen-bond donors (Lipinski definition) is 2. The first-order valence-corrected chi connectivity index (χ1v) is 10.7. The lowest BCUT2D eigenvalue weighted by atomic mass is 10.1. The zero-order valence-electron chi connectivity index (χ0n) is 16.1. The third kappa shape index (κ3) is 4.87. The molecule has 10 heteroatoms. The quantitative estimate of drug-likeness (QED) is 0.437. The Hall–Kier alpha value is -3.76. The normalized spacial score (nSPS) is 16.9. The van der Waals surface area contributed by atoms with E-state index >= 15 is 0 Å². The second-order valence-corrected chi connectivity index (χ2v) is 8.15. The molecule has 0 saturated carbocycles. The van der Waals surface area contributed by atoms with Gasteiger partial charge in [-0.25, -0.2) is 0 Å². The number of aromatic amines is 1. The summed E-state index contributed by atoms with van der Waals surface area (Å²) in [5.74, 6) is 0. The van der Waals surface area contributed by atoms with Gasteiger partial charge in [-0.2, -0.15) is 23.8 Å². The summed E-state index contributed by atoms with van der Waals surface area (Å²) < 4.78 is 31.1. The van der Waals surface area contributed by atoms with Gasteiger partial charge in [-0.3, -0.25) is 9.35 Å². The Balaban J connectivity index is 1.41. The number of fused-ring (bicyclic) bond motifs is 1. The number of nitrogens with one attached hydrogen (secondary N) is 1. The van der Waals surface area contributed by atoms with Crippen LogP contribution in [0.2, 0.25) is 0 Å². The minimum Gasteiger partial charge on any atom is -0.359 e. The van der Waals surface area contributed by atoms with Crippen molar-refractivity contribution in [1.82, 2.24) is 4.98 Å². The van der Waals surface area contributed by atoms with Crippen molar-refractivity contribution in [2.24, 2.45) is 20.5 Å². The van der Waals surface area contributed by atoms with Gasteiger partial charge in [0, 0.05) is 17.1 Å². The van der Waals surface area contributed by atoms with Crippen LogP contribution >= 0.6 is 0 Å². The SMILES string of the molecule is O=c1c(N=NC2=CCC(N=Nc3ccc(S(=O)(=O)O)cc3)C=C2)c[nH]c2ccccc12. The van der Waals surface area contributed by atoms with E-state index in [-0.39, 0.29) is 22.1 Å². The van der Waals surface area contributed by atoms with Crippen LogP contribution in [0.5, 0.6) is 0 Å². The first-order valence-electron chi connectivity index (χ1n) is 9.29. The van der Waals surface area contributed by atoms with Crippen molar-refractivity contribution in [1.29, 1.82) is 0 Å². The molecule has 156 valence electrons. The van der Waals surface area contributed by atoms with Crippen LogP contribution in [0.15, 0.2) is 109 Å². The predicted molar refractivity (Wildman–Crippen MR) is 115 cm³/mol. The Morgan fingerprint density at radius 2 is 1.77 bits per heavy atom. The highest BCUT2D eigenvalue weighted by Gasteiger charge is 2.10. The van der Waals surface area contributed by atoms with Gasteiger partial charge in [0.15, 0.2) is 0 Å². The molecule has 0 bridgehead atoms. The molecule has 31 heavy (non-hydrogen) atoms. The third-order valence-electron chi connectivity index (χ3n) is 4.56. The number of hydrogen-bond acceptors (Lipinski definition) is 7. The highest BCUT2D eigenvalue weighted by Crippen LogP contribution is 2.21. The summed E-state index contributed by atoms with van der Waals surface area (Å²) in [5, 5.41) is 17.0. The van der Waals surface area contributed by atoms with Crippen molar-refractivity contribution in [2.45, 2.75) is 17.4 Å². The van der Waals surface area contributed by atoms with E-state index in [2.05, 4.69) is 25.4 Å². The lowest BCUT2D eigenvalue weighted by Crippen LogP contribution is -2.02. The van der Waals surface area contributed by atoms with Crippen molar-refractivity contribution in [3.63, 3.8) is 0 Å². The van der Waals surface area contributed by atoms with Gasteiger partial charge in [0.1, 0.15) is 5.69 Å². The molecule has 2 aromatic carbocycles. The summed E-state index contributed by atoms with van der Waals surface area (Å²) in [6.45, 7) is 0. The molecule has 0 amide bonds. The predicted octanol–water partition coefficient (Wildman–Crippen LogP) is 4.85. The maximum absolute atomic E-state index is 12.5. The van der Waals surface area contributed by atoms with E-state index < -0.39 is 10.1 Å². The molecule has 1 heterocycles. The second-order valence-electron chi connectivity index (χ2n) is 6.72. The van der Waals surface area contributed by atoms with Gasteiger partial charge in [0.2, 0.25) is 5.43 Å². The van der Waals surface area contributed by atoms with Gasteiger partial charge in [-0.1, -0.05) is 24.3 Å². The number of aromatic nitrogens is 1. The summed E-state index contributed by atoms with van der Waals surface area (Å²) in [6.07, 6.45) is 7.48. The van der Waals surface area contributed by atoms with E-state index in [1.165, 1.54) is 30.5 Å². The highest BCUT2D eigenvalue weighted by atomic mass is 32.2. The molecule has 1 atom stereocenters. The number of pyridine rings is 1. The molecule has 9 nitrogen and oxygen atoms in total. The largest absolute Gasteiger partial charge is 0.359 e. The van der Waals surface area contributed by atoms with Gasteiger partial charge < -0.3 is 4.98 Å². The topological polar surface area (TPSA) is 137 Å². The monoisotopic (exact) mass is 435 g/mol. The Labute approximate surface area is 177 Å². The highest BCUT2D eigenvalue weighted by molar-refractivity contribution is 7.85. The molecule has 0 saturated heterocycles. The van der Waals surface area contributed by atoms with E-state index in [4.69, 9.17) is 4.55 Å². The number of azo groups is 2. The van der Waals surface area contributed by atoms with E-state index in [1.54, 1.807) is 18.2 Å². The number of H-pyrrole nitrogens is 1. The molecule has 0 spiro atoms. The molecule has 0 fully saturated rings. The van der Waals surface area contributed by atoms with Gasteiger partial charge in [0.05, 0.1) is 22.3 Å². The first-order chi connectivity index (χ1) is 14.9. The number of nitrogens with zero attached hydrogens (tertiary/aromatic N) is 4. The molecule has 2 N–H and O–H groups in total. The number of allylic oxidation sites excluding steroid dienone is 1. The van der Waals surface area contributed by atoms with Gasteiger partial charge >= 0.3 is 0 Å². The number of rotatable bonds is 5. The van der Waals surface area contributed by atoms with E-state index in [0.717, 1.165) is 5.52 Å². The lowest BCUT2D eigenvalue weighted by Gasteiger charge is -2.08. The van der Waals surface area contributed by atoms with E-state index in [1.807, 2.05) is 24.3 Å². The Kier molecular flexibility index (Phi) is 5.65. The molecule has 0 aliphatic heterocycles. The van der Waals surface area contributed by atoms with Crippen LogP contribution in [-0.4, -0.2) is 24.0 Å². The fourth-order valence-corrected chi connectivity index (χ4v) is 3.41. The minimum atomic E-state index is -4.23. The molecular formula is C21H17N5O4S. The van der Waals surface area contributed by atoms with Crippen molar-refractivity contribution in [2.75, 3.05) is 0 Å². The molecule has 1 unspecified atom stereocenters. The zero-order valence-corrected chi connectivity index (χ0v) is 16.9. The molecule has 1 aliphatic carbocycles. The summed E-state index contributed by atoms with van der Waals surface area (Å²) in [5.41, 5.74) is 1.85. The maximum atomic E-state index is 12.5. The summed E-state index contributed by atoms with van der Waals surface area (Å²) >= 11 is 0. The smallest absolute Gasteiger partial charge is 0.294 e. The van der Waals surface area contributed by atoms with Crippen LogP contribution in [-0.2, 0) is 10.1 Å². The number of benzene rings is 2. The molecule has 4 rings (SSSR count). The second kappa shape index (κ2) is 8.54. The maximum Gasteiger partial charge on any atom is 0.294 e. The van der Waals surface area contributed by atoms with Crippen LogP contribution < -0.4 is 5.43 Å². The van der Waals surface area contributed by atoms with E-state index in [9.17, 15) is 13.2 Å². The molecule has 0 radical (unpaired) electrons. The fraction of sp³-hybridized carbons (Fsp3) is 0.0952. The number of para-hydroxylation sites is 1. The summed E-state index contributed by atoms with van der Waals surface area (Å²) in [4.78, 5) is 15.3. The Bertz CT molecular complexity index is 1400. The molecule has 1 aliphatic rings. The van der Waals surface area contributed by atoms with Crippen LogP contribution in [0.1, 0.15) is 6.42 Å². The van der Waals surface area contributed by atoms with Crippen molar-refractivity contribution < 1.29 is 13.0 Å². The third-order valence-corrected chi connectivity index (χ3v) is 5.42. The minimum absolute atomic E-state index is 0.190. The van der Waals surface area contributed by atoms with Crippen molar-refractivity contribution in [3.05, 3.63) is 88.9 Å². The average Bonchev–Trinajstić information content (AvgIpc) is 2.78. The van der Waals surface area contributed by atoms with Crippen LogP contribution in [0.25, 0.3) is 10.9 Å². The van der Waals surface area contributed by atoms with Crippen LogP contribution in [0.3, 0.4) is 0 Å². The standard InChI is InChI=1S/C21H17N5O4S/c27-21-18-3-1-2-4-19(18)22-13-20(21)26-25-15-7-5-14(6-8-15)23-24-16-9-11-17(12-10-16)31(28,29)30/h1-5,7-14H,6H2,(H,22,27)(H,28,29,30). The summed E-state index contributed by atoms with van der Waals surface area (Å²) in [6, 6.07) is 12.4. The zero-order chi connectivity index (χ0) is 21.8. The molecule has 1 aromatic heterocycles. The average molecular weight is 435 g/mol. The van der Waals surface area contributed by atoms with Gasteiger partial charge in [-0.15, -0.1) is 5.11 Å². The van der Waals surface area contributed by atoms with Crippen molar-refractivity contribution in [3.8, 4) is 0 Å².